The topological polar surface area (TPSA) is 38.3 Å². The van der Waals surface area contributed by atoms with E-state index in [0.29, 0.717) is 29.5 Å². The highest BCUT2D eigenvalue weighted by molar-refractivity contribution is 6.32. The first kappa shape index (κ1) is 12.0. The Morgan fingerprint density at radius 1 is 1.53 bits per heavy atom. The third-order valence-corrected chi connectivity index (χ3v) is 2.20. The molecular weight excluding hydrogens is 214 g/mol. The maximum Gasteiger partial charge on any atom is 0.176 e. The van der Waals surface area contributed by atoms with Gasteiger partial charge < -0.3 is 10.1 Å². The molecule has 1 rings (SSSR count). The van der Waals surface area contributed by atoms with Crippen LogP contribution in [0.25, 0.3) is 0 Å². The number of likely N-dealkylation sites (N-methyl/N-ethyl adjacent to an activating group) is 1. The Balaban J connectivity index is 2.91. The number of nitrogens with one attached hydrogen (secondary N) is 1. The summed E-state index contributed by atoms with van der Waals surface area (Å²) < 4.78 is 5.30. The normalized spacial score (nSPS) is 10.1. The van der Waals surface area contributed by atoms with E-state index in [2.05, 4.69) is 5.32 Å². The van der Waals surface area contributed by atoms with E-state index in [1.165, 1.54) is 0 Å². The van der Waals surface area contributed by atoms with Crippen molar-refractivity contribution in [2.45, 2.75) is 6.92 Å². The number of benzene rings is 1. The fourth-order valence-corrected chi connectivity index (χ4v) is 1.38. The van der Waals surface area contributed by atoms with Crippen LogP contribution in [0.15, 0.2) is 18.2 Å². The summed E-state index contributed by atoms with van der Waals surface area (Å²) in [6.07, 6.45) is 0. The Hall–Kier alpha value is -1.06. The van der Waals surface area contributed by atoms with Gasteiger partial charge in [0.2, 0.25) is 0 Å². The molecule has 3 nitrogen and oxygen atoms in total. The predicted molar refractivity (Wildman–Crippen MR) is 60.9 cm³/mol. The van der Waals surface area contributed by atoms with Crippen LogP contribution in [-0.4, -0.2) is 26.0 Å². The van der Waals surface area contributed by atoms with Gasteiger partial charge in [-0.15, -0.1) is 0 Å². The van der Waals surface area contributed by atoms with Crippen LogP contribution in [0, 0.1) is 0 Å². The van der Waals surface area contributed by atoms with E-state index in [0.717, 1.165) is 0 Å². The van der Waals surface area contributed by atoms with E-state index in [-0.39, 0.29) is 5.78 Å². The van der Waals surface area contributed by atoms with Crippen molar-refractivity contribution in [1.82, 2.24) is 5.32 Å². The molecular formula is C11H14ClNO2. The molecule has 1 aromatic carbocycles. The average Bonchev–Trinajstić information content (AvgIpc) is 2.22. The number of halogens is 1. The number of Topliss-reactive ketones (excluding diaryl/α,β-unsaturated/α-hetero) is 1. The van der Waals surface area contributed by atoms with E-state index in [1.807, 2.05) is 6.92 Å². The van der Waals surface area contributed by atoms with Gasteiger partial charge in [0.1, 0.15) is 5.75 Å². The molecule has 0 bridgehead atoms. The Bertz CT molecular complexity index is 352. The summed E-state index contributed by atoms with van der Waals surface area (Å²) in [6.45, 7) is 2.72. The minimum atomic E-state index is 0.0233. The highest BCUT2D eigenvalue weighted by Gasteiger charge is 2.08. The summed E-state index contributed by atoms with van der Waals surface area (Å²) in [7, 11) is 1.73. The Morgan fingerprint density at radius 3 is 2.87 bits per heavy atom. The van der Waals surface area contributed by atoms with Crippen LogP contribution < -0.4 is 10.1 Å². The number of hydrogen-bond acceptors (Lipinski definition) is 3. The van der Waals surface area contributed by atoms with Gasteiger partial charge in [-0.05, 0) is 32.2 Å². The second-order valence-electron chi connectivity index (χ2n) is 3.03. The lowest BCUT2D eigenvalue weighted by atomic mass is 10.1. The summed E-state index contributed by atoms with van der Waals surface area (Å²) in [5.74, 6) is 0.580. The third kappa shape index (κ3) is 3.22. The number of rotatable bonds is 5. The Morgan fingerprint density at radius 2 is 2.27 bits per heavy atom. The Labute approximate surface area is 94.4 Å². The van der Waals surface area contributed by atoms with Gasteiger partial charge >= 0.3 is 0 Å². The smallest absolute Gasteiger partial charge is 0.176 e. The van der Waals surface area contributed by atoms with Crippen molar-refractivity contribution >= 4 is 17.4 Å². The van der Waals surface area contributed by atoms with Crippen LogP contribution in [0.1, 0.15) is 17.3 Å². The number of ketones is 1. The molecule has 0 fully saturated rings. The molecule has 0 saturated heterocycles. The summed E-state index contributed by atoms with van der Waals surface area (Å²) in [4.78, 5) is 11.6. The van der Waals surface area contributed by atoms with Crippen molar-refractivity contribution in [3.8, 4) is 5.75 Å². The van der Waals surface area contributed by atoms with E-state index in [1.54, 1.807) is 25.2 Å². The number of ether oxygens (including phenoxy) is 1. The standard InChI is InChI=1S/C11H14ClNO2/c1-3-15-11-6-8(4-5-9(11)12)10(14)7-13-2/h4-6,13H,3,7H2,1-2H3. The SMILES string of the molecule is CCOc1cc(C(=O)CNC)ccc1Cl. The predicted octanol–water partition coefficient (Wildman–Crippen LogP) is 2.14. The molecule has 0 radical (unpaired) electrons. The molecule has 0 aliphatic carbocycles. The van der Waals surface area contributed by atoms with Crippen molar-refractivity contribution in [2.24, 2.45) is 0 Å². The van der Waals surface area contributed by atoms with Crippen molar-refractivity contribution < 1.29 is 9.53 Å². The third-order valence-electron chi connectivity index (χ3n) is 1.89. The number of carbonyl (C=O) groups is 1. The van der Waals surface area contributed by atoms with Gasteiger partial charge in [-0.25, -0.2) is 0 Å². The molecule has 82 valence electrons. The maximum atomic E-state index is 11.6. The minimum absolute atomic E-state index is 0.0233. The van der Waals surface area contributed by atoms with Crippen molar-refractivity contribution in [1.29, 1.82) is 0 Å². The fraction of sp³-hybridized carbons (Fsp3) is 0.364. The second kappa shape index (κ2) is 5.73. The van der Waals surface area contributed by atoms with Gasteiger partial charge in [0.15, 0.2) is 5.78 Å². The van der Waals surface area contributed by atoms with Crippen molar-refractivity contribution in [3.63, 3.8) is 0 Å². The van der Waals surface area contributed by atoms with Crippen LogP contribution >= 0.6 is 11.6 Å². The van der Waals surface area contributed by atoms with Crippen molar-refractivity contribution in [3.05, 3.63) is 28.8 Å². The first-order valence-corrected chi connectivity index (χ1v) is 5.17. The van der Waals surface area contributed by atoms with Crippen molar-refractivity contribution in [2.75, 3.05) is 20.2 Å². The van der Waals surface area contributed by atoms with Gasteiger partial charge in [-0.2, -0.15) is 0 Å². The lowest BCUT2D eigenvalue weighted by Gasteiger charge is -2.07. The molecule has 0 saturated carbocycles. The fourth-order valence-electron chi connectivity index (χ4n) is 1.21. The molecule has 0 spiro atoms. The highest BCUT2D eigenvalue weighted by atomic mass is 35.5. The molecule has 1 aromatic rings. The van der Waals surface area contributed by atoms with Gasteiger partial charge in [0.05, 0.1) is 18.2 Å². The van der Waals surface area contributed by atoms with Crippen LogP contribution in [0.3, 0.4) is 0 Å². The molecule has 0 aliphatic heterocycles. The first-order valence-electron chi connectivity index (χ1n) is 4.79. The quantitative estimate of drug-likeness (QED) is 0.784. The minimum Gasteiger partial charge on any atom is -0.492 e. The van der Waals surface area contributed by atoms with E-state index in [9.17, 15) is 4.79 Å². The molecule has 0 heterocycles. The Kier molecular flexibility index (Phi) is 4.59. The van der Waals surface area contributed by atoms with Gasteiger partial charge in [-0.1, -0.05) is 11.6 Å². The zero-order valence-corrected chi connectivity index (χ0v) is 9.60. The van der Waals surface area contributed by atoms with Gasteiger partial charge in [-0.3, -0.25) is 4.79 Å². The van der Waals surface area contributed by atoms with E-state index in [4.69, 9.17) is 16.3 Å². The number of carbonyl (C=O) groups excluding carboxylic acids is 1. The van der Waals surface area contributed by atoms with Crippen LogP contribution in [-0.2, 0) is 0 Å². The highest BCUT2D eigenvalue weighted by Crippen LogP contribution is 2.25. The zero-order chi connectivity index (χ0) is 11.3. The van der Waals surface area contributed by atoms with Gasteiger partial charge in [0.25, 0.3) is 0 Å². The molecule has 0 atom stereocenters. The first-order chi connectivity index (χ1) is 7.19. The molecule has 0 aromatic heterocycles. The lowest BCUT2D eigenvalue weighted by molar-refractivity contribution is 0.0993. The summed E-state index contributed by atoms with van der Waals surface area (Å²) in [6, 6.07) is 5.05. The number of hydrogen-bond donors (Lipinski definition) is 1. The average molecular weight is 228 g/mol. The summed E-state index contributed by atoms with van der Waals surface area (Å²) in [5, 5.41) is 3.33. The molecule has 1 N–H and O–H groups in total. The molecule has 4 heteroatoms. The van der Waals surface area contributed by atoms with E-state index >= 15 is 0 Å². The van der Waals surface area contributed by atoms with Crippen LogP contribution in [0.4, 0.5) is 0 Å². The summed E-state index contributed by atoms with van der Waals surface area (Å²) >= 11 is 5.90. The largest absolute Gasteiger partial charge is 0.492 e. The molecule has 0 unspecified atom stereocenters. The molecule has 0 amide bonds. The molecule has 0 aliphatic rings. The van der Waals surface area contributed by atoms with Crippen LogP contribution in [0.2, 0.25) is 5.02 Å². The second-order valence-corrected chi connectivity index (χ2v) is 3.44. The molecule has 15 heavy (non-hydrogen) atoms. The zero-order valence-electron chi connectivity index (χ0n) is 8.84. The van der Waals surface area contributed by atoms with Gasteiger partial charge in [0, 0.05) is 5.56 Å². The summed E-state index contributed by atoms with van der Waals surface area (Å²) in [5.41, 5.74) is 0.609. The monoisotopic (exact) mass is 227 g/mol. The lowest BCUT2D eigenvalue weighted by Crippen LogP contribution is -2.18. The van der Waals surface area contributed by atoms with Crippen LogP contribution in [0.5, 0.6) is 5.75 Å². The van der Waals surface area contributed by atoms with E-state index < -0.39 is 0 Å². The maximum absolute atomic E-state index is 11.6.